The Hall–Kier alpha value is -3.19. The highest BCUT2D eigenvalue weighted by Gasteiger charge is 2.18. The Morgan fingerprint density at radius 1 is 1.17 bits per heavy atom. The van der Waals surface area contributed by atoms with Gasteiger partial charge in [-0.2, -0.15) is 0 Å². The van der Waals surface area contributed by atoms with Gasteiger partial charge in [-0.1, -0.05) is 6.07 Å². The van der Waals surface area contributed by atoms with Gasteiger partial charge in [0.15, 0.2) is 11.4 Å². The Kier molecular flexibility index (Phi) is 4.13. The molecule has 0 amide bonds. The molecule has 0 radical (unpaired) electrons. The van der Waals surface area contributed by atoms with Gasteiger partial charge < -0.3 is 19.0 Å². The van der Waals surface area contributed by atoms with Gasteiger partial charge in [-0.3, -0.25) is 4.98 Å². The summed E-state index contributed by atoms with van der Waals surface area (Å²) in [5.41, 5.74) is 3.85. The van der Waals surface area contributed by atoms with E-state index in [1.165, 1.54) is 0 Å². The molecule has 0 bridgehead atoms. The molecule has 1 atom stereocenters. The Bertz CT molecular complexity index is 1290. The van der Waals surface area contributed by atoms with Crippen LogP contribution in [0.1, 0.15) is 18.3 Å². The fraction of sp³-hybridized carbons (Fsp3) is 0.318. The van der Waals surface area contributed by atoms with Crippen LogP contribution < -0.4 is 15.8 Å². The van der Waals surface area contributed by atoms with Gasteiger partial charge in [0, 0.05) is 43.8 Å². The van der Waals surface area contributed by atoms with Crippen molar-refractivity contribution in [1.29, 1.82) is 0 Å². The van der Waals surface area contributed by atoms with Crippen molar-refractivity contribution in [3.63, 3.8) is 0 Å². The molecule has 1 saturated heterocycles. The zero-order valence-electron chi connectivity index (χ0n) is 16.8. The summed E-state index contributed by atoms with van der Waals surface area (Å²) in [5, 5.41) is 4.88. The van der Waals surface area contributed by atoms with E-state index in [1.54, 1.807) is 0 Å². The molecule has 4 aromatic rings. The SMILES string of the molecule is Cc1cn2cc(-c3cc4ccc(N5CCN[C@H](C)C5)cc4c(=O)o3)nc2c(C)n1. The van der Waals surface area contributed by atoms with E-state index in [4.69, 9.17) is 4.42 Å². The smallest absolute Gasteiger partial charge is 0.344 e. The van der Waals surface area contributed by atoms with Crippen molar-refractivity contribution in [1.82, 2.24) is 19.7 Å². The summed E-state index contributed by atoms with van der Waals surface area (Å²) in [6.45, 7) is 8.82. The van der Waals surface area contributed by atoms with Crippen LogP contribution in [0.2, 0.25) is 0 Å². The van der Waals surface area contributed by atoms with Gasteiger partial charge in [-0.15, -0.1) is 0 Å². The van der Waals surface area contributed by atoms with Crippen LogP contribution in [0.25, 0.3) is 27.9 Å². The number of aryl methyl sites for hydroxylation is 2. The van der Waals surface area contributed by atoms with Crippen LogP contribution in [0.15, 0.2) is 45.9 Å². The molecule has 7 heteroatoms. The van der Waals surface area contributed by atoms with Crippen LogP contribution in [0, 0.1) is 13.8 Å². The molecule has 0 spiro atoms. The number of anilines is 1. The number of aromatic nitrogens is 3. The van der Waals surface area contributed by atoms with E-state index in [9.17, 15) is 4.79 Å². The van der Waals surface area contributed by atoms with E-state index in [1.807, 2.05) is 48.8 Å². The maximum atomic E-state index is 12.8. The molecule has 1 N–H and O–H groups in total. The van der Waals surface area contributed by atoms with Crippen LogP contribution in [0.3, 0.4) is 0 Å². The summed E-state index contributed by atoms with van der Waals surface area (Å²) in [6.07, 6.45) is 3.79. The number of hydrogen-bond donors (Lipinski definition) is 1. The molecule has 4 heterocycles. The van der Waals surface area contributed by atoms with Crippen molar-refractivity contribution in [3.05, 3.63) is 58.5 Å². The quantitative estimate of drug-likeness (QED) is 0.568. The summed E-state index contributed by atoms with van der Waals surface area (Å²) in [4.78, 5) is 24.1. The molecular formula is C22H23N5O2. The molecule has 0 unspecified atom stereocenters. The van der Waals surface area contributed by atoms with Crippen LogP contribution in [-0.2, 0) is 0 Å². The lowest BCUT2D eigenvalue weighted by atomic mass is 10.1. The Balaban J connectivity index is 1.57. The first-order valence-electron chi connectivity index (χ1n) is 9.87. The minimum atomic E-state index is -0.342. The highest BCUT2D eigenvalue weighted by atomic mass is 16.4. The minimum Gasteiger partial charge on any atom is -0.421 e. The highest BCUT2D eigenvalue weighted by molar-refractivity contribution is 5.87. The van der Waals surface area contributed by atoms with E-state index in [0.29, 0.717) is 22.9 Å². The third-order valence-electron chi connectivity index (χ3n) is 5.46. The fourth-order valence-corrected chi connectivity index (χ4v) is 4.09. The molecule has 1 aliphatic heterocycles. The molecule has 1 fully saturated rings. The summed E-state index contributed by atoms with van der Waals surface area (Å²) < 4.78 is 7.58. The van der Waals surface area contributed by atoms with Gasteiger partial charge in [-0.05, 0) is 44.4 Å². The molecule has 7 nitrogen and oxygen atoms in total. The second kappa shape index (κ2) is 6.70. The number of fused-ring (bicyclic) bond motifs is 2. The van der Waals surface area contributed by atoms with Gasteiger partial charge in [0.05, 0.1) is 16.8 Å². The number of nitrogens with one attached hydrogen (secondary N) is 1. The molecule has 29 heavy (non-hydrogen) atoms. The summed E-state index contributed by atoms with van der Waals surface area (Å²) in [5.74, 6) is 0.465. The predicted molar refractivity (Wildman–Crippen MR) is 114 cm³/mol. The largest absolute Gasteiger partial charge is 0.421 e. The number of nitrogens with zero attached hydrogens (tertiary/aromatic N) is 4. The molecule has 3 aromatic heterocycles. The average Bonchev–Trinajstić information content (AvgIpc) is 3.12. The Labute approximate surface area is 168 Å². The first kappa shape index (κ1) is 17.9. The molecule has 5 rings (SSSR count). The first-order chi connectivity index (χ1) is 14.0. The monoisotopic (exact) mass is 389 g/mol. The number of hydrogen-bond acceptors (Lipinski definition) is 6. The van der Waals surface area contributed by atoms with Crippen LogP contribution >= 0.6 is 0 Å². The first-order valence-corrected chi connectivity index (χ1v) is 9.87. The van der Waals surface area contributed by atoms with Crippen molar-refractivity contribution < 1.29 is 4.42 Å². The van der Waals surface area contributed by atoms with Gasteiger partial charge in [0.25, 0.3) is 0 Å². The number of benzene rings is 1. The lowest BCUT2D eigenvalue weighted by Gasteiger charge is -2.33. The van der Waals surface area contributed by atoms with Gasteiger partial charge in [0.1, 0.15) is 5.69 Å². The fourth-order valence-electron chi connectivity index (χ4n) is 4.09. The zero-order valence-corrected chi connectivity index (χ0v) is 16.8. The number of imidazole rings is 1. The molecule has 0 aliphatic carbocycles. The van der Waals surface area contributed by atoms with Crippen LogP contribution in [0.5, 0.6) is 0 Å². The lowest BCUT2D eigenvalue weighted by Crippen LogP contribution is -2.49. The second-order valence-electron chi connectivity index (χ2n) is 7.80. The molecule has 1 aliphatic rings. The molecule has 1 aromatic carbocycles. The van der Waals surface area contributed by atoms with E-state index < -0.39 is 0 Å². The van der Waals surface area contributed by atoms with Crippen molar-refractivity contribution in [2.45, 2.75) is 26.8 Å². The predicted octanol–water partition coefficient (Wildman–Crippen LogP) is 2.92. The second-order valence-corrected chi connectivity index (χ2v) is 7.80. The van der Waals surface area contributed by atoms with Crippen LogP contribution in [-0.4, -0.2) is 40.0 Å². The Morgan fingerprint density at radius 2 is 2.03 bits per heavy atom. The van der Waals surface area contributed by atoms with Gasteiger partial charge in [0.2, 0.25) is 0 Å². The normalized spacial score (nSPS) is 17.3. The summed E-state index contributed by atoms with van der Waals surface area (Å²) in [7, 11) is 0. The Morgan fingerprint density at radius 3 is 2.86 bits per heavy atom. The molecule has 0 saturated carbocycles. The minimum absolute atomic E-state index is 0.342. The third kappa shape index (κ3) is 3.17. The maximum Gasteiger partial charge on any atom is 0.344 e. The molecular weight excluding hydrogens is 366 g/mol. The van der Waals surface area contributed by atoms with E-state index in [0.717, 1.165) is 47.7 Å². The van der Waals surface area contributed by atoms with E-state index in [-0.39, 0.29) is 5.63 Å². The average molecular weight is 389 g/mol. The van der Waals surface area contributed by atoms with Crippen molar-refractivity contribution in [3.8, 4) is 11.5 Å². The van der Waals surface area contributed by atoms with Crippen molar-refractivity contribution in [2.24, 2.45) is 0 Å². The number of rotatable bonds is 2. The topological polar surface area (TPSA) is 75.7 Å². The summed E-state index contributed by atoms with van der Waals surface area (Å²) >= 11 is 0. The van der Waals surface area contributed by atoms with Crippen molar-refractivity contribution >= 4 is 22.1 Å². The maximum absolute atomic E-state index is 12.8. The number of piperazine rings is 1. The van der Waals surface area contributed by atoms with Gasteiger partial charge in [-0.25, -0.2) is 9.78 Å². The zero-order chi connectivity index (χ0) is 20.1. The highest BCUT2D eigenvalue weighted by Crippen LogP contribution is 2.26. The van der Waals surface area contributed by atoms with Gasteiger partial charge >= 0.3 is 5.63 Å². The molecule has 148 valence electrons. The third-order valence-corrected chi connectivity index (χ3v) is 5.46. The van der Waals surface area contributed by atoms with E-state index in [2.05, 4.69) is 33.2 Å². The van der Waals surface area contributed by atoms with E-state index >= 15 is 0 Å². The van der Waals surface area contributed by atoms with Crippen LogP contribution in [0.4, 0.5) is 5.69 Å². The lowest BCUT2D eigenvalue weighted by molar-refractivity contribution is 0.485. The van der Waals surface area contributed by atoms with Crippen molar-refractivity contribution in [2.75, 3.05) is 24.5 Å². The standard InChI is InChI=1S/C22H23N5O2/c1-13-10-26(7-6-23-13)17-5-4-16-8-20(29-22(28)18(16)9-17)19-12-27-11-14(2)24-15(3)21(27)25-19/h4-5,8-9,11-13,23H,6-7,10H2,1-3H3/t13-/m1/s1. The summed E-state index contributed by atoms with van der Waals surface area (Å²) in [6, 6.07) is 8.31.